The van der Waals surface area contributed by atoms with Crippen molar-refractivity contribution < 1.29 is 14.6 Å². The van der Waals surface area contributed by atoms with Crippen LogP contribution in [0.25, 0.3) is 6.08 Å². The van der Waals surface area contributed by atoms with Crippen LogP contribution in [-0.4, -0.2) is 44.9 Å². The molecule has 2 rings (SSSR count). The molecular weight excluding hydrogens is 338 g/mol. The van der Waals surface area contributed by atoms with Gasteiger partial charge in [-0.2, -0.15) is 0 Å². The highest BCUT2D eigenvalue weighted by Gasteiger charge is 2.38. The van der Waals surface area contributed by atoms with E-state index in [0.717, 1.165) is 34.7 Å². The van der Waals surface area contributed by atoms with E-state index in [1.165, 1.54) is 0 Å². The first-order valence-electron chi connectivity index (χ1n) is 9.15. The van der Waals surface area contributed by atoms with E-state index < -0.39 is 5.60 Å². The zero-order chi connectivity index (χ0) is 20.0. The number of rotatable bonds is 8. The molecule has 0 fully saturated rings. The Morgan fingerprint density at radius 3 is 2.26 bits per heavy atom. The van der Waals surface area contributed by atoms with Gasteiger partial charge in [-0.1, -0.05) is 37.3 Å². The van der Waals surface area contributed by atoms with Gasteiger partial charge in [0.25, 0.3) is 0 Å². The summed E-state index contributed by atoms with van der Waals surface area (Å²) in [6, 6.07) is 15.5. The number of benzene rings is 2. The molecule has 0 saturated heterocycles. The quantitative estimate of drug-likeness (QED) is 0.757. The summed E-state index contributed by atoms with van der Waals surface area (Å²) in [5.41, 5.74) is 1.62. The van der Waals surface area contributed by atoms with Crippen LogP contribution < -0.4 is 9.47 Å². The summed E-state index contributed by atoms with van der Waals surface area (Å²) in [5, 5.41) is 11.9. The van der Waals surface area contributed by atoms with Crippen LogP contribution in [0.1, 0.15) is 25.0 Å². The van der Waals surface area contributed by atoms with Gasteiger partial charge in [-0.25, -0.2) is 0 Å². The fourth-order valence-corrected chi connectivity index (χ4v) is 3.50. The average Bonchev–Trinajstić information content (AvgIpc) is 2.67. The lowest BCUT2D eigenvalue weighted by molar-refractivity contribution is 0.0104. The van der Waals surface area contributed by atoms with Gasteiger partial charge in [0.1, 0.15) is 17.1 Å². The Bertz CT molecular complexity index is 767. The smallest absolute Gasteiger partial charge is 0.119 e. The molecule has 146 valence electrons. The second-order valence-corrected chi connectivity index (χ2v) is 7.26. The zero-order valence-corrected chi connectivity index (χ0v) is 17.2. The van der Waals surface area contributed by atoms with Crippen LogP contribution in [0.3, 0.4) is 0 Å². The predicted octanol–water partition coefficient (Wildman–Crippen LogP) is 4.19. The van der Waals surface area contributed by atoms with Gasteiger partial charge in [-0.15, -0.1) is 0 Å². The van der Waals surface area contributed by atoms with Crippen molar-refractivity contribution in [3.8, 4) is 11.5 Å². The van der Waals surface area contributed by atoms with Crippen LogP contribution in [0.2, 0.25) is 0 Å². The summed E-state index contributed by atoms with van der Waals surface area (Å²) in [7, 11) is 7.33. The lowest BCUT2D eigenvalue weighted by Gasteiger charge is -2.37. The van der Waals surface area contributed by atoms with Crippen LogP contribution in [0.4, 0.5) is 0 Å². The first-order valence-corrected chi connectivity index (χ1v) is 9.15. The van der Waals surface area contributed by atoms with Gasteiger partial charge in [-0.05, 0) is 62.0 Å². The van der Waals surface area contributed by atoms with Crippen molar-refractivity contribution in [1.82, 2.24) is 4.90 Å². The zero-order valence-electron chi connectivity index (χ0n) is 17.2. The van der Waals surface area contributed by atoms with Gasteiger partial charge in [-0.3, -0.25) is 0 Å². The second-order valence-electron chi connectivity index (χ2n) is 7.26. The summed E-state index contributed by atoms with van der Waals surface area (Å²) in [6.45, 7) is 4.81. The van der Waals surface area contributed by atoms with E-state index in [2.05, 4.69) is 11.8 Å². The molecule has 2 unspecified atom stereocenters. The van der Waals surface area contributed by atoms with Crippen molar-refractivity contribution in [3.05, 3.63) is 65.2 Å². The Balaban J connectivity index is 2.50. The molecule has 0 aliphatic carbocycles. The average molecular weight is 370 g/mol. The van der Waals surface area contributed by atoms with Gasteiger partial charge in [0, 0.05) is 12.5 Å². The van der Waals surface area contributed by atoms with E-state index in [-0.39, 0.29) is 5.92 Å². The Morgan fingerprint density at radius 1 is 1.07 bits per heavy atom. The maximum Gasteiger partial charge on any atom is 0.119 e. The molecule has 0 radical (unpaired) electrons. The lowest BCUT2D eigenvalue weighted by atomic mass is 9.76. The number of aliphatic hydroxyl groups is 1. The number of nitrogens with zero attached hydrogens (tertiary/aromatic N) is 1. The molecule has 0 aliphatic heterocycles. The minimum atomic E-state index is -1.11. The largest absolute Gasteiger partial charge is 0.497 e. The Kier molecular flexibility index (Phi) is 7.05. The highest BCUT2D eigenvalue weighted by molar-refractivity contribution is 5.57. The number of hydrogen-bond acceptors (Lipinski definition) is 4. The van der Waals surface area contributed by atoms with E-state index in [1.54, 1.807) is 14.2 Å². The number of methoxy groups -OCH3 is 2. The van der Waals surface area contributed by atoms with Crippen molar-refractivity contribution in [1.29, 1.82) is 0 Å². The molecule has 2 aromatic rings. The molecule has 27 heavy (non-hydrogen) atoms. The molecule has 0 amide bonds. The van der Waals surface area contributed by atoms with E-state index in [0.29, 0.717) is 0 Å². The second kappa shape index (κ2) is 9.07. The van der Waals surface area contributed by atoms with Gasteiger partial charge in [0.2, 0.25) is 0 Å². The SMILES string of the molecule is COc1ccc(C=C(C)C(O)(c2cccc(OC)c2)C(C)CN(C)C)cc1. The maximum atomic E-state index is 11.9. The van der Waals surface area contributed by atoms with E-state index in [9.17, 15) is 5.11 Å². The van der Waals surface area contributed by atoms with Gasteiger partial charge >= 0.3 is 0 Å². The minimum Gasteiger partial charge on any atom is -0.497 e. The third-order valence-corrected chi connectivity index (χ3v) is 4.96. The summed E-state index contributed by atoms with van der Waals surface area (Å²) in [5.74, 6) is 1.53. The first kappa shape index (κ1) is 21.0. The Morgan fingerprint density at radius 2 is 1.70 bits per heavy atom. The fourth-order valence-electron chi connectivity index (χ4n) is 3.50. The molecule has 0 aliphatic rings. The molecule has 0 aromatic heterocycles. The monoisotopic (exact) mass is 369 g/mol. The van der Waals surface area contributed by atoms with Crippen LogP contribution in [-0.2, 0) is 5.60 Å². The fraction of sp³-hybridized carbons (Fsp3) is 0.391. The van der Waals surface area contributed by atoms with Crippen molar-refractivity contribution in [2.45, 2.75) is 19.4 Å². The Hall–Kier alpha value is -2.30. The van der Waals surface area contributed by atoms with E-state index >= 15 is 0 Å². The summed E-state index contributed by atoms with van der Waals surface area (Å²) in [6.07, 6.45) is 2.03. The van der Waals surface area contributed by atoms with Crippen molar-refractivity contribution in [3.63, 3.8) is 0 Å². The van der Waals surface area contributed by atoms with E-state index in [1.807, 2.05) is 75.6 Å². The molecule has 2 aromatic carbocycles. The summed E-state index contributed by atoms with van der Waals surface area (Å²) >= 11 is 0. The topological polar surface area (TPSA) is 41.9 Å². The molecule has 4 nitrogen and oxygen atoms in total. The van der Waals surface area contributed by atoms with Crippen LogP contribution in [0, 0.1) is 5.92 Å². The molecule has 1 N–H and O–H groups in total. The van der Waals surface area contributed by atoms with Crippen LogP contribution in [0.15, 0.2) is 54.1 Å². The summed E-state index contributed by atoms with van der Waals surface area (Å²) in [4.78, 5) is 2.09. The lowest BCUT2D eigenvalue weighted by Crippen LogP contribution is -2.40. The molecule has 0 saturated carbocycles. The number of ether oxygens (including phenoxy) is 2. The Labute approximate surface area is 163 Å². The maximum absolute atomic E-state index is 11.9. The van der Waals surface area contributed by atoms with Gasteiger partial charge in [0.15, 0.2) is 0 Å². The van der Waals surface area contributed by atoms with Crippen molar-refractivity contribution in [2.24, 2.45) is 5.92 Å². The molecular formula is C23H31NO3. The molecule has 0 heterocycles. The van der Waals surface area contributed by atoms with Crippen molar-refractivity contribution >= 4 is 6.08 Å². The van der Waals surface area contributed by atoms with Crippen molar-refractivity contribution in [2.75, 3.05) is 34.9 Å². The van der Waals surface area contributed by atoms with Gasteiger partial charge in [0.05, 0.1) is 14.2 Å². The molecule has 0 bridgehead atoms. The van der Waals surface area contributed by atoms with Crippen LogP contribution in [0.5, 0.6) is 11.5 Å². The van der Waals surface area contributed by atoms with E-state index in [4.69, 9.17) is 9.47 Å². The number of hydrogen-bond donors (Lipinski definition) is 1. The normalized spacial score (nSPS) is 15.3. The molecule has 4 heteroatoms. The van der Waals surface area contributed by atoms with Gasteiger partial charge < -0.3 is 19.5 Å². The highest BCUT2D eigenvalue weighted by Crippen LogP contribution is 2.39. The highest BCUT2D eigenvalue weighted by atomic mass is 16.5. The standard InChI is InChI=1S/C23H31NO3/c1-17(14-19-10-12-21(26-5)13-11-19)23(25,18(2)16-24(3)4)20-8-7-9-22(15-20)27-6/h7-15,18,25H,16H2,1-6H3. The first-order chi connectivity index (χ1) is 12.8. The van der Waals surface area contributed by atoms with Crippen LogP contribution >= 0.6 is 0 Å². The minimum absolute atomic E-state index is 0.0193. The summed E-state index contributed by atoms with van der Waals surface area (Å²) < 4.78 is 10.6. The third-order valence-electron chi connectivity index (χ3n) is 4.96. The molecule has 0 spiro atoms. The predicted molar refractivity (Wildman–Crippen MR) is 111 cm³/mol. The third kappa shape index (κ3) is 4.90. The molecule has 2 atom stereocenters.